The molecule has 0 amide bonds. The predicted molar refractivity (Wildman–Crippen MR) is 89.8 cm³/mol. The number of hydrogen-bond acceptors (Lipinski definition) is 5. The van der Waals surface area contributed by atoms with Crippen molar-refractivity contribution in [2.75, 3.05) is 11.5 Å². The fraction of sp³-hybridized carbons (Fsp3) is 0.312. The van der Waals surface area contributed by atoms with E-state index in [1.807, 2.05) is 0 Å². The van der Waals surface area contributed by atoms with E-state index in [0.29, 0.717) is 16.5 Å². The Morgan fingerprint density at radius 2 is 1.78 bits per heavy atom. The Balaban J connectivity index is 2.34. The SMILES string of the molecule is CC(C[C@@H](N)C(=O)O)CS(=O)(=O)c1ccc(N)c2ccccc12. The normalized spacial score (nSPS) is 14.5. The zero-order valence-corrected chi connectivity index (χ0v) is 13.6. The van der Waals surface area contributed by atoms with Crippen molar-refractivity contribution in [3.8, 4) is 0 Å². The van der Waals surface area contributed by atoms with Crippen LogP contribution in [-0.4, -0.2) is 31.3 Å². The molecule has 2 rings (SSSR count). The van der Waals surface area contributed by atoms with Gasteiger partial charge in [0.05, 0.1) is 10.6 Å². The molecule has 0 saturated heterocycles. The molecule has 0 heterocycles. The minimum absolute atomic E-state index is 0.0987. The number of rotatable bonds is 6. The highest BCUT2D eigenvalue weighted by Gasteiger charge is 2.24. The van der Waals surface area contributed by atoms with Gasteiger partial charge in [0.2, 0.25) is 0 Å². The van der Waals surface area contributed by atoms with Crippen molar-refractivity contribution < 1.29 is 18.3 Å². The van der Waals surface area contributed by atoms with Gasteiger partial charge in [-0.1, -0.05) is 31.2 Å². The van der Waals surface area contributed by atoms with Crippen molar-refractivity contribution in [2.24, 2.45) is 11.7 Å². The third-order valence-corrected chi connectivity index (χ3v) is 5.76. The second-order valence-electron chi connectivity index (χ2n) is 5.77. The van der Waals surface area contributed by atoms with Crippen LogP contribution >= 0.6 is 0 Å². The lowest BCUT2D eigenvalue weighted by Crippen LogP contribution is -2.33. The van der Waals surface area contributed by atoms with E-state index in [1.54, 1.807) is 37.3 Å². The van der Waals surface area contributed by atoms with E-state index in [-0.39, 0.29) is 23.0 Å². The summed E-state index contributed by atoms with van der Waals surface area (Å²) < 4.78 is 25.4. The zero-order valence-electron chi connectivity index (χ0n) is 12.8. The first-order valence-electron chi connectivity index (χ1n) is 7.20. The summed E-state index contributed by atoms with van der Waals surface area (Å²) in [4.78, 5) is 11.0. The van der Waals surface area contributed by atoms with Crippen molar-refractivity contribution in [1.29, 1.82) is 0 Å². The number of carbonyl (C=O) groups is 1. The average Bonchev–Trinajstić information content (AvgIpc) is 2.46. The first-order valence-corrected chi connectivity index (χ1v) is 8.86. The number of sulfone groups is 1. The number of benzene rings is 2. The van der Waals surface area contributed by atoms with E-state index in [4.69, 9.17) is 16.6 Å². The summed E-state index contributed by atoms with van der Waals surface area (Å²) in [5.41, 5.74) is 11.9. The molecule has 0 aliphatic carbocycles. The summed E-state index contributed by atoms with van der Waals surface area (Å²) in [7, 11) is -3.58. The Kier molecular flexibility index (Phi) is 4.91. The quantitative estimate of drug-likeness (QED) is 0.689. The number of anilines is 1. The van der Waals surface area contributed by atoms with Crippen molar-refractivity contribution in [3.05, 3.63) is 36.4 Å². The second kappa shape index (κ2) is 6.55. The van der Waals surface area contributed by atoms with Crippen LogP contribution in [0.2, 0.25) is 0 Å². The summed E-state index contributed by atoms with van der Waals surface area (Å²) in [6, 6.07) is 9.04. The number of nitrogen functional groups attached to an aromatic ring is 1. The molecule has 6 nitrogen and oxygen atoms in total. The van der Waals surface area contributed by atoms with E-state index < -0.39 is 21.8 Å². The maximum atomic E-state index is 12.7. The Morgan fingerprint density at radius 1 is 1.17 bits per heavy atom. The summed E-state index contributed by atoms with van der Waals surface area (Å²) >= 11 is 0. The molecule has 0 bridgehead atoms. The van der Waals surface area contributed by atoms with Crippen LogP contribution < -0.4 is 11.5 Å². The zero-order chi connectivity index (χ0) is 17.2. The Bertz CT molecular complexity index is 833. The van der Waals surface area contributed by atoms with Crippen molar-refractivity contribution >= 4 is 32.3 Å². The molecular weight excluding hydrogens is 316 g/mol. The molecule has 2 aromatic carbocycles. The number of hydrogen-bond donors (Lipinski definition) is 3. The molecule has 0 fully saturated rings. The number of carboxylic acid groups (broad SMARTS) is 1. The number of fused-ring (bicyclic) bond motifs is 1. The highest BCUT2D eigenvalue weighted by Crippen LogP contribution is 2.29. The van der Waals surface area contributed by atoms with Crippen LogP contribution in [-0.2, 0) is 14.6 Å². The molecule has 1 unspecified atom stereocenters. The first kappa shape index (κ1) is 17.2. The van der Waals surface area contributed by atoms with E-state index in [9.17, 15) is 13.2 Å². The molecule has 0 aliphatic rings. The minimum atomic E-state index is -3.58. The molecule has 2 atom stereocenters. The summed E-state index contributed by atoms with van der Waals surface area (Å²) in [6.45, 7) is 1.68. The average molecular weight is 336 g/mol. The molecule has 0 aromatic heterocycles. The predicted octanol–water partition coefficient (Wildman–Crippen LogP) is 1.63. The Labute approximate surface area is 135 Å². The second-order valence-corrected chi connectivity index (χ2v) is 7.77. The maximum absolute atomic E-state index is 12.7. The molecule has 23 heavy (non-hydrogen) atoms. The maximum Gasteiger partial charge on any atom is 0.320 e. The third kappa shape index (κ3) is 3.80. The molecule has 5 N–H and O–H groups in total. The first-order chi connectivity index (χ1) is 10.7. The monoisotopic (exact) mass is 336 g/mol. The van der Waals surface area contributed by atoms with Gasteiger partial charge < -0.3 is 16.6 Å². The highest BCUT2D eigenvalue weighted by molar-refractivity contribution is 7.91. The van der Waals surface area contributed by atoms with Crippen LogP contribution in [0.4, 0.5) is 5.69 Å². The van der Waals surface area contributed by atoms with Gasteiger partial charge in [-0.25, -0.2) is 8.42 Å². The smallest absolute Gasteiger partial charge is 0.320 e. The molecule has 7 heteroatoms. The van der Waals surface area contributed by atoms with Gasteiger partial charge in [-0.3, -0.25) is 4.79 Å². The Hall–Kier alpha value is -2.12. The molecule has 0 aliphatic heterocycles. The van der Waals surface area contributed by atoms with Gasteiger partial charge in [0.15, 0.2) is 9.84 Å². The molecular formula is C16H20N2O4S. The van der Waals surface area contributed by atoms with Crippen molar-refractivity contribution in [1.82, 2.24) is 0 Å². The van der Waals surface area contributed by atoms with E-state index in [0.717, 1.165) is 0 Å². The number of aliphatic carboxylic acids is 1. The van der Waals surface area contributed by atoms with Gasteiger partial charge in [0.1, 0.15) is 6.04 Å². The molecule has 0 saturated carbocycles. The molecule has 2 aromatic rings. The lowest BCUT2D eigenvalue weighted by Gasteiger charge is -2.16. The lowest BCUT2D eigenvalue weighted by atomic mass is 10.0. The molecule has 0 spiro atoms. The minimum Gasteiger partial charge on any atom is -0.480 e. The van der Waals surface area contributed by atoms with Gasteiger partial charge in [-0.2, -0.15) is 0 Å². The largest absolute Gasteiger partial charge is 0.480 e. The molecule has 124 valence electrons. The van der Waals surface area contributed by atoms with Gasteiger partial charge in [0.25, 0.3) is 0 Å². The fourth-order valence-electron chi connectivity index (χ4n) is 2.63. The Morgan fingerprint density at radius 3 is 2.39 bits per heavy atom. The van der Waals surface area contributed by atoms with Gasteiger partial charge in [-0.15, -0.1) is 0 Å². The van der Waals surface area contributed by atoms with Crippen LogP contribution in [0.25, 0.3) is 10.8 Å². The topological polar surface area (TPSA) is 123 Å². The van der Waals surface area contributed by atoms with Crippen LogP contribution in [0.1, 0.15) is 13.3 Å². The van der Waals surface area contributed by atoms with Gasteiger partial charge >= 0.3 is 5.97 Å². The van der Waals surface area contributed by atoms with Crippen LogP contribution in [0, 0.1) is 5.92 Å². The van der Waals surface area contributed by atoms with Crippen LogP contribution in [0.15, 0.2) is 41.3 Å². The van der Waals surface area contributed by atoms with Crippen LogP contribution in [0.3, 0.4) is 0 Å². The van der Waals surface area contributed by atoms with Crippen molar-refractivity contribution in [3.63, 3.8) is 0 Å². The van der Waals surface area contributed by atoms with Gasteiger partial charge in [-0.05, 0) is 24.5 Å². The highest BCUT2D eigenvalue weighted by atomic mass is 32.2. The third-order valence-electron chi connectivity index (χ3n) is 3.73. The van der Waals surface area contributed by atoms with E-state index in [2.05, 4.69) is 0 Å². The fourth-order valence-corrected chi connectivity index (χ4v) is 4.49. The molecule has 0 radical (unpaired) electrons. The number of nitrogens with two attached hydrogens (primary N) is 2. The summed E-state index contributed by atoms with van der Waals surface area (Å²) in [5.74, 6) is -1.67. The summed E-state index contributed by atoms with van der Waals surface area (Å²) in [5, 5.41) is 10.1. The van der Waals surface area contributed by atoms with E-state index >= 15 is 0 Å². The number of carboxylic acids is 1. The lowest BCUT2D eigenvalue weighted by molar-refractivity contribution is -0.138. The van der Waals surface area contributed by atoms with Gasteiger partial charge in [0, 0.05) is 16.5 Å². The van der Waals surface area contributed by atoms with Crippen molar-refractivity contribution in [2.45, 2.75) is 24.3 Å². The van der Waals surface area contributed by atoms with E-state index in [1.165, 1.54) is 6.07 Å². The summed E-state index contributed by atoms with van der Waals surface area (Å²) in [6.07, 6.45) is 0.0987. The van der Waals surface area contributed by atoms with Crippen LogP contribution in [0.5, 0.6) is 0 Å². The standard InChI is InChI=1S/C16H20N2O4S/c1-10(8-14(18)16(19)20)9-23(21,22)15-7-6-13(17)11-4-2-3-5-12(11)15/h2-7,10,14H,8-9,17-18H2,1H3,(H,19,20)/t10?,14-/m1/s1.